The maximum absolute atomic E-state index is 6.19. The van der Waals surface area contributed by atoms with E-state index in [9.17, 15) is 0 Å². The molecule has 1 saturated carbocycles. The molecule has 1 heterocycles. The largest absolute Gasteiger partial charge is 0.376 e. The van der Waals surface area contributed by atoms with E-state index >= 15 is 0 Å². The van der Waals surface area contributed by atoms with Crippen LogP contribution in [0.2, 0.25) is 0 Å². The number of hydrogen-bond acceptors (Lipinski definition) is 3. The van der Waals surface area contributed by atoms with Crippen LogP contribution in [0.5, 0.6) is 0 Å². The highest BCUT2D eigenvalue weighted by atomic mass is 16.5. The fourth-order valence-electron chi connectivity index (χ4n) is 2.74. The van der Waals surface area contributed by atoms with Gasteiger partial charge in [0, 0.05) is 6.61 Å². The Morgan fingerprint density at radius 3 is 2.76 bits per heavy atom. The first-order chi connectivity index (χ1) is 8.35. The second kappa shape index (κ2) is 6.72. The molecule has 0 aromatic heterocycles. The highest BCUT2D eigenvalue weighted by Crippen LogP contribution is 2.38. The molecule has 0 spiro atoms. The van der Waals surface area contributed by atoms with Crippen LogP contribution in [0.15, 0.2) is 0 Å². The van der Waals surface area contributed by atoms with Crippen molar-refractivity contribution in [3.8, 4) is 0 Å². The standard InChI is InChI=1S/C14H27NO2/c1-2-15-10-9-14(7-5-8-14)17-12-13-6-3-4-11-16-13/h13,15H,2-12H2,1H3. The first-order valence-corrected chi connectivity index (χ1v) is 7.31. The zero-order valence-electron chi connectivity index (χ0n) is 11.2. The van der Waals surface area contributed by atoms with Gasteiger partial charge in [0.25, 0.3) is 0 Å². The predicted molar refractivity (Wildman–Crippen MR) is 69.3 cm³/mol. The van der Waals surface area contributed by atoms with E-state index < -0.39 is 0 Å². The number of nitrogens with one attached hydrogen (secondary N) is 1. The second-order valence-electron chi connectivity index (χ2n) is 5.44. The average molecular weight is 241 g/mol. The lowest BCUT2D eigenvalue weighted by Gasteiger charge is -2.43. The molecule has 3 nitrogen and oxygen atoms in total. The van der Waals surface area contributed by atoms with Gasteiger partial charge in [-0.05, 0) is 58.0 Å². The van der Waals surface area contributed by atoms with E-state index in [2.05, 4.69) is 12.2 Å². The molecule has 3 heteroatoms. The molecule has 2 aliphatic rings. The third kappa shape index (κ3) is 3.94. The van der Waals surface area contributed by atoms with Crippen LogP contribution in [-0.2, 0) is 9.47 Å². The van der Waals surface area contributed by atoms with E-state index in [-0.39, 0.29) is 5.60 Å². The molecule has 0 aromatic rings. The van der Waals surface area contributed by atoms with Gasteiger partial charge in [0.05, 0.1) is 18.3 Å². The summed E-state index contributed by atoms with van der Waals surface area (Å²) in [6.45, 7) is 6.04. The Labute approximate surface area is 105 Å². The monoisotopic (exact) mass is 241 g/mol. The fraction of sp³-hybridized carbons (Fsp3) is 1.00. The molecule has 100 valence electrons. The van der Waals surface area contributed by atoms with Crippen LogP contribution in [0, 0.1) is 0 Å². The van der Waals surface area contributed by atoms with Crippen LogP contribution in [0.1, 0.15) is 51.9 Å². The lowest BCUT2D eigenvalue weighted by Crippen LogP contribution is -2.44. The van der Waals surface area contributed by atoms with Gasteiger partial charge >= 0.3 is 0 Å². The normalized spacial score (nSPS) is 27.7. The maximum Gasteiger partial charge on any atom is 0.0808 e. The molecule has 1 aliphatic heterocycles. The molecular weight excluding hydrogens is 214 g/mol. The molecule has 2 fully saturated rings. The minimum absolute atomic E-state index is 0.184. The van der Waals surface area contributed by atoms with Crippen molar-refractivity contribution in [3.05, 3.63) is 0 Å². The summed E-state index contributed by atoms with van der Waals surface area (Å²) in [5.41, 5.74) is 0.184. The zero-order chi connectivity index (χ0) is 12.0. The van der Waals surface area contributed by atoms with Crippen molar-refractivity contribution in [2.24, 2.45) is 0 Å². The fourth-order valence-corrected chi connectivity index (χ4v) is 2.74. The van der Waals surface area contributed by atoms with E-state index in [0.29, 0.717) is 6.10 Å². The van der Waals surface area contributed by atoms with Gasteiger partial charge in [-0.2, -0.15) is 0 Å². The quantitative estimate of drug-likeness (QED) is 0.695. The molecule has 1 saturated heterocycles. The van der Waals surface area contributed by atoms with Crippen molar-refractivity contribution in [2.45, 2.75) is 63.6 Å². The molecule has 1 aliphatic carbocycles. The Morgan fingerprint density at radius 1 is 1.29 bits per heavy atom. The van der Waals surface area contributed by atoms with Gasteiger partial charge in [0.1, 0.15) is 0 Å². The van der Waals surface area contributed by atoms with Gasteiger partial charge in [0.15, 0.2) is 0 Å². The van der Waals surface area contributed by atoms with E-state index in [1.54, 1.807) is 0 Å². The highest BCUT2D eigenvalue weighted by molar-refractivity contribution is 4.90. The van der Waals surface area contributed by atoms with E-state index in [1.807, 2.05) is 0 Å². The summed E-state index contributed by atoms with van der Waals surface area (Å²) in [5, 5.41) is 3.40. The van der Waals surface area contributed by atoms with Gasteiger partial charge in [-0.15, -0.1) is 0 Å². The van der Waals surface area contributed by atoms with Crippen LogP contribution in [0.25, 0.3) is 0 Å². The average Bonchev–Trinajstić information content (AvgIpc) is 2.33. The molecule has 17 heavy (non-hydrogen) atoms. The Hall–Kier alpha value is -0.120. The first-order valence-electron chi connectivity index (χ1n) is 7.31. The molecule has 1 atom stereocenters. The summed E-state index contributed by atoms with van der Waals surface area (Å²) >= 11 is 0. The SMILES string of the molecule is CCNCCC1(OCC2CCCCO2)CCC1. The summed E-state index contributed by atoms with van der Waals surface area (Å²) in [5.74, 6) is 0. The number of hydrogen-bond donors (Lipinski definition) is 1. The van der Waals surface area contributed by atoms with Crippen molar-refractivity contribution >= 4 is 0 Å². The third-order valence-electron chi connectivity index (χ3n) is 4.12. The van der Waals surface area contributed by atoms with Crippen molar-refractivity contribution < 1.29 is 9.47 Å². The Bertz CT molecular complexity index is 210. The van der Waals surface area contributed by atoms with Crippen molar-refractivity contribution in [3.63, 3.8) is 0 Å². The molecule has 0 amide bonds. The molecule has 0 aromatic carbocycles. The van der Waals surface area contributed by atoms with Crippen molar-refractivity contribution in [2.75, 3.05) is 26.3 Å². The van der Waals surface area contributed by atoms with Crippen LogP contribution in [0.4, 0.5) is 0 Å². The van der Waals surface area contributed by atoms with Crippen LogP contribution >= 0.6 is 0 Å². The molecular formula is C14H27NO2. The van der Waals surface area contributed by atoms with Gasteiger partial charge in [0.2, 0.25) is 0 Å². The van der Waals surface area contributed by atoms with Crippen LogP contribution in [0.3, 0.4) is 0 Å². The first kappa shape index (κ1) is 13.3. The van der Waals surface area contributed by atoms with Crippen molar-refractivity contribution in [1.82, 2.24) is 5.32 Å². The van der Waals surface area contributed by atoms with Crippen LogP contribution < -0.4 is 5.32 Å². The van der Waals surface area contributed by atoms with E-state index in [4.69, 9.17) is 9.47 Å². The van der Waals surface area contributed by atoms with E-state index in [1.165, 1.54) is 38.5 Å². The molecule has 1 unspecified atom stereocenters. The second-order valence-corrected chi connectivity index (χ2v) is 5.44. The van der Waals surface area contributed by atoms with Gasteiger partial charge in [-0.1, -0.05) is 6.92 Å². The Kier molecular flexibility index (Phi) is 5.26. The van der Waals surface area contributed by atoms with E-state index in [0.717, 1.165) is 32.7 Å². The summed E-state index contributed by atoms with van der Waals surface area (Å²) in [6.07, 6.45) is 9.05. The van der Waals surface area contributed by atoms with Gasteiger partial charge < -0.3 is 14.8 Å². The zero-order valence-corrected chi connectivity index (χ0v) is 11.2. The van der Waals surface area contributed by atoms with Crippen LogP contribution in [-0.4, -0.2) is 38.0 Å². The summed E-state index contributed by atoms with van der Waals surface area (Å²) in [4.78, 5) is 0. The molecule has 2 rings (SSSR count). The Morgan fingerprint density at radius 2 is 2.18 bits per heavy atom. The summed E-state index contributed by atoms with van der Waals surface area (Å²) in [7, 11) is 0. The lowest BCUT2D eigenvalue weighted by atomic mass is 9.77. The molecule has 0 radical (unpaired) electrons. The highest BCUT2D eigenvalue weighted by Gasteiger charge is 2.38. The minimum Gasteiger partial charge on any atom is -0.376 e. The van der Waals surface area contributed by atoms with Gasteiger partial charge in [-0.3, -0.25) is 0 Å². The topological polar surface area (TPSA) is 30.5 Å². The number of ether oxygens (including phenoxy) is 2. The van der Waals surface area contributed by atoms with Gasteiger partial charge in [-0.25, -0.2) is 0 Å². The lowest BCUT2D eigenvalue weighted by molar-refractivity contribution is -0.143. The number of rotatable bonds is 7. The third-order valence-corrected chi connectivity index (χ3v) is 4.12. The summed E-state index contributed by atoms with van der Waals surface area (Å²) in [6, 6.07) is 0. The molecule has 1 N–H and O–H groups in total. The molecule has 0 bridgehead atoms. The van der Waals surface area contributed by atoms with Crippen molar-refractivity contribution in [1.29, 1.82) is 0 Å². The maximum atomic E-state index is 6.19. The predicted octanol–water partition coefficient (Wildman–Crippen LogP) is 2.49. The summed E-state index contributed by atoms with van der Waals surface area (Å²) < 4.78 is 11.9. The smallest absolute Gasteiger partial charge is 0.0808 e. The minimum atomic E-state index is 0.184. The Balaban J connectivity index is 1.67.